The van der Waals surface area contributed by atoms with Crippen LogP contribution in [0, 0.1) is 23.7 Å². The second kappa shape index (κ2) is 10.1. The van der Waals surface area contributed by atoms with Gasteiger partial charge in [-0.15, -0.1) is 0 Å². The van der Waals surface area contributed by atoms with Gasteiger partial charge in [0.05, 0.1) is 7.11 Å². The highest BCUT2D eigenvalue weighted by atomic mass is 16.5. The summed E-state index contributed by atoms with van der Waals surface area (Å²) in [5.41, 5.74) is 0. The van der Waals surface area contributed by atoms with Crippen LogP contribution in [0.3, 0.4) is 0 Å². The highest BCUT2D eigenvalue weighted by Gasteiger charge is 1.86. The van der Waals surface area contributed by atoms with Gasteiger partial charge in [-0.05, 0) is 30.1 Å². The minimum Gasteiger partial charge on any atom is -0.466 e. The quantitative estimate of drug-likeness (QED) is 0.411. The molecule has 0 bridgehead atoms. The smallest absolute Gasteiger partial charge is 0.331 e. The number of methoxy groups -OCH3 is 1. The third-order valence-electron chi connectivity index (χ3n) is 1.29. The zero-order valence-electron chi connectivity index (χ0n) is 9.65. The number of rotatable bonds is 3. The number of carbonyl (C=O) groups excluding carboxylic acids is 2. The molecule has 0 saturated heterocycles. The van der Waals surface area contributed by atoms with Crippen LogP contribution in [0.15, 0.2) is 24.3 Å². The highest BCUT2D eigenvalue weighted by molar-refractivity contribution is 5.82. The molecule has 0 spiro atoms. The molecule has 0 aliphatic carbocycles. The lowest BCUT2D eigenvalue weighted by molar-refractivity contribution is -0.139. The molecule has 0 aromatic heterocycles. The van der Waals surface area contributed by atoms with Crippen LogP contribution >= 0.6 is 0 Å². The third kappa shape index (κ3) is 11.5. The summed E-state index contributed by atoms with van der Waals surface area (Å²) in [6.07, 6.45) is 5.68. The van der Waals surface area contributed by atoms with E-state index in [1.54, 1.807) is 6.08 Å². The Balaban J connectivity index is 3.89. The number of esters is 2. The molecule has 0 aromatic carbocycles. The summed E-state index contributed by atoms with van der Waals surface area (Å²) >= 11 is 0. The molecule has 0 heterocycles. The van der Waals surface area contributed by atoms with Crippen molar-refractivity contribution in [1.29, 1.82) is 0 Å². The standard InChI is InChI=1S/C13H12O4/c1-12(14)17-11-9-7-5-3-4-6-8-10-13(15)16-2/h7-10H,11H2,1-2H3. The number of hydrogen-bond donors (Lipinski definition) is 0. The largest absolute Gasteiger partial charge is 0.466 e. The summed E-state index contributed by atoms with van der Waals surface area (Å²) in [6.45, 7) is 1.53. The molecule has 0 aliphatic rings. The molecular formula is C13H12O4. The van der Waals surface area contributed by atoms with Crippen LogP contribution in [0.4, 0.5) is 0 Å². The maximum Gasteiger partial charge on any atom is 0.331 e. The van der Waals surface area contributed by atoms with Crippen molar-refractivity contribution < 1.29 is 19.1 Å². The van der Waals surface area contributed by atoms with Gasteiger partial charge in [-0.3, -0.25) is 4.79 Å². The molecule has 0 amide bonds. The predicted octanol–water partition coefficient (Wildman–Crippen LogP) is 0.842. The lowest BCUT2D eigenvalue weighted by atomic mass is 10.4. The number of ether oxygens (including phenoxy) is 2. The van der Waals surface area contributed by atoms with Crippen LogP contribution in [-0.2, 0) is 19.1 Å². The Morgan fingerprint density at radius 2 is 1.82 bits per heavy atom. The second-order valence-corrected chi connectivity index (χ2v) is 2.60. The normalized spacial score (nSPS) is 9.06. The van der Waals surface area contributed by atoms with Crippen molar-refractivity contribution in [3.8, 4) is 23.7 Å². The van der Waals surface area contributed by atoms with Gasteiger partial charge in [-0.2, -0.15) is 0 Å². The number of hydrogen-bond acceptors (Lipinski definition) is 4. The van der Waals surface area contributed by atoms with E-state index >= 15 is 0 Å². The molecular weight excluding hydrogens is 220 g/mol. The van der Waals surface area contributed by atoms with E-state index in [0.717, 1.165) is 0 Å². The minimum absolute atomic E-state index is 0.194. The van der Waals surface area contributed by atoms with Crippen LogP contribution in [0.25, 0.3) is 0 Å². The predicted molar refractivity (Wildman–Crippen MR) is 62.5 cm³/mol. The van der Waals surface area contributed by atoms with Crippen molar-refractivity contribution in [2.45, 2.75) is 6.92 Å². The number of allylic oxidation sites excluding steroid dienone is 2. The van der Waals surface area contributed by atoms with Crippen molar-refractivity contribution in [2.24, 2.45) is 0 Å². The van der Waals surface area contributed by atoms with E-state index in [0.29, 0.717) is 0 Å². The summed E-state index contributed by atoms with van der Waals surface area (Å²) in [7, 11) is 1.29. The van der Waals surface area contributed by atoms with E-state index in [1.165, 1.54) is 32.3 Å². The summed E-state index contributed by atoms with van der Waals surface area (Å²) in [5, 5.41) is 0. The molecule has 0 fully saturated rings. The van der Waals surface area contributed by atoms with Crippen LogP contribution < -0.4 is 0 Å². The number of carbonyl (C=O) groups is 2. The summed E-state index contributed by atoms with van der Waals surface area (Å²) in [5.74, 6) is 9.37. The van der Waals surface area contributed by atoms with Crippen LogP contribution in [0.2, 0.25) is 0 Å². The van der Waals surface area contributed by atoms with Crippen LogP contribution in [0.5, 0.6) is 0 Å². The lowest BCUT2D eigenvalue weighted by Crippen LogP contribution is -1.96. The first kappa shape index (κ1) is 14.5. The van der Waals surface area contributed by atoms with Gasteiger partial charge in [0.15, 0.2) is 0 Å². The fraction of sp³-hybridized carbons (Fsp3) is 0.231. The first-order chi connectivity index (χ1) is 8.16. The van der Waals surface area contributed by atoms with Gasteiger partial charge in [0.2, 0.25) is 0 Å². The van der Waals surface area contributed by atoms with Crippen molar-refractivity contribution in [3.63, 3.8) is 0 Å². The van der Waals surface area contributed by atoms with Gasteiger partial charge in [-0.25, -0.2) is 4.79 Å². The monoisotopic (exact) mass is 232 g/mol. The molecule has 17 heavy (non-hydrogen) atoms. The van der Waals surface area contributed by atoms with E-state index < -0.39 is 5.97 Å². The molecule has 0 unspecified atom stereocenters. The molecule has 4 heteroatoms. The minimum atomic E-state index is -0.464. The van der Waals surface area contributed by atoms with Crippen LogP contribution in [0.1, 0.15) is 6.92 Å². The third-order valence-corrected chi connectivity index (χ3v) is 1.29. The molecule has 0 aliphatic heterocycles. The molecule has 0 atom stereocenters. The first-order valence-electron chi connectivity index (χ1n) is 4.70. The molecule has 0 radical (unpaired) electrons. The fourth-order valence-electron chi connectivity index (χ4n) is 0.606. The molecule has 0 N–H and O–H groups in total. The Kier molecular flexibility index (Phi) is 8.61. The highest BCUT2D eigenvalue weighted by Crippen LogP contribution is 1.78. The SMILES string of the molecule is COC(=O)C=CC#CC#CC=CCOC(C)=O. The van der Waals surface area contributed by atoms with E-state index in [4.69, 9.17) is 0 Å². The van der Waals surface area contributed by atoms with Gasteiger partial charge in [0, 0.05) is 13.0 Å². The summed E-state index contributed by atoms with van der Waals surface area (Å²) in [4.78, 5) is 21.0. The maximum absolute atomic E-state index is 10.6. The Labute approximate surface area is 100 Å². The molecule has 88 valence electrons. The van der Waals surface area contributed by atoms with Gasteiger partial charge in [0.25, 0.3) is 0 Å². The van der Waals surface area contributed by atoms with E-state index in [9.17, 15) is 9.59 Å². The van der Waals surface area contributed by atoms with Crippen molar-refractivity contribution in [3.05, 3.63) is 24.3 Å². The van der Waals surface area contributed by atoms with E-state index in [-0.39, 0.29) is 12.6 Å². The first-order valence-corrected chi connectivity index (χ1v) is 4.70. The molecule has 0 rings (SSSR count). The van der Waals surface area contributed by atoms with Crippen molar-refractivity contribution in [1.82, 2.24) is 0 Å². The Morgan fingerprint density at radius 3 is 2.41 bits per heavy atom. The van der Waals surface area contributed by atoms with E-state index in [1.807, 2.05) is 0 Å². The lowest BCUT2D eigenvalue weighted by Gasteiger charge is -1.91. The maximum atomic E-state index is 10.6. The zero-order valence-corrected chi connectivity index (χ0v) is 9.65. The molecule has 0 aromatic rings. The van der Waals surface area contributed by atoms with E-state index in [2.05, 4.69) is 33.2 Å². The van der Waals surface area contributed by atoms with Crippen molar-refractivity contribution in [2.75, 3.05) is 13.7 Å². The Bertz CT molecular complexity index is 436. The summed E-state index contributed by atoms with van der Waals surface area (Å²) < 4.78 is 8.99. The Hall–Kier alpha value is -2.46. The Morgan fingerprint density at radius 1 is 1.18 bits per heavy atom. The second-order valence-electron chi connectivity index (χ2n) is 2.60. The summed E-state index contributed by atoms with van der Waals surface area (Å²) in [6, 6.07) is 0. The average molecular weight is 232 g/mol. The van der Waals surface area contributed by atoms with Crippen LogP contribution in [-0.4, -0.2) is 25.7 Å². The average Bonchev–Trinajstić information content (AvgIpc) is 2.30. The van der Waals surface area contributed by atoms with Gasteiger partial charge < -0.3 is 9.47 Å². The van der Waals surface area contributed by atoms with Gasteiger partial charge >= 0.3 is 11.9 Å². The topological polar surface area (TPSA) is 52.6 Å². The van der Waals surface area contributed by atoms with Crippen molar-refractivity contribution >= 4 is 11.9 Å². The van der Waals surface area contributed by atoms with Gasteiger partial charge in [-0.1, -0.05) is 11.8 Å². The van der Waals surface area contributed by atoms with Gasteiger partial charge in [0.1, 0.15) is 6.61 Å². The molecule has 0 saturated carbocycles. The molecule has 4 nitrogen and oxygen atoms in total. The fourth-order valence-corrected chi connectivity index (χ4v) is 0.606. The zero-order chi connectivity index (χ0) is 12.9.